The Labute approximate surface area is 182 Å². The average molecular weight is 430 g/mol. The van der Waals surface area contributed by atoms with Crippen molar-refractivity contribution < 1.29 is 23.9 Å². The SMILES string of the molecule is O=C(CN1CC[C@]2(CCC1=O)CC(=O)c1ccccc1O2)NCCCN1CCOCC1. The number of para-hydroxylation sites is 1. The van der Waals surface area contributed by atoms with Crippen molar-refractivity contribution in [3.8, 4) is 5.75 Å². The Morgan fingerprint density at radius 1 is 1.10 bits per heavy atom. The summed E-state index contributed by atoms with van der Waals surface area (Å²) in [4.78, 5) is 41.6. The van der Waals surface area contributed by atoms with Crippen LogP contribution < -0.4 is 10.1 Å². The number of likely N-dealkylation sites (tertiary alicyclic amines) is 1. The molecule has 0 aromatic heterocycles. The van der Waals surface area contributed by atoms with Gasteiger partial charge in [-0.2, -0.15) is 0 Å². The molecule has 3 aliphatic heterocycles. The first-order valence-electron chi connectivity index (χ1n) is 11.2. The van der Waals surface area contributed by atoms with Gasteiger partial charge in [-0.3, -0.25) is 19.3 Å². The van der Waals surface area contributed by atoms with Gasteiger partial charge in [-0.25, -0.2) is 0 Å². The zero-order chi connectivity index (χ0) is 21.7. The smallest absolute Gasteiger partial charge is 0.239 e. The molecule has 8 heteroatoms. The number of ketones is 1. The molecule has 3 heterocycles. The van der Waals surface area contributed by atoms with Gasteiger partial charge < -0.3 is 19.7 Å². The maximum absolute atomic E-state index is 12.6. The van der Waals surface area contributed by atoms with Crippen molar-refractivity contribution in [3.63, 3.8) is 0 Å². The Bertz CT molecular complexity index is 823. The zero-order valence-corrected chi connectivity index (χ0v) is 17.9. The average Bonchev–Trinajstić information content (AvgIpc) is 2.92. The van der Waals surface area contributed by atoms with Gasteiger partial charge in [0, 0.05) is 39.0 Å². The minimum absolute atomic E-state index is 0.0526. The lowest BCUT2D eigenvalue weighted by molar-refractivity contribution is -0.135. The minimum atomic E-state index is -0.662. The molecule has 0 saturated carbocycles. The molecule has 4 rings (SSSR count). The summed E-state index contributed by atoms with van der Waals surface area (Å²) >= 11 is 0. The highest BCUT2D eigenvalue weighted by Gasteiger charge is 2.43. The second-order valence-electron chi connectivity index (χ2n) is 8.60. The van der Waals surface area contributed by atoms with Gasteiger partial charge in [-0.1, -0.05) is 12.1 Å². The van der Waals surface area contributed by atoms with Crippen LogP contribution in [-0.4, -0.2) is 85.5 Å². The quantitative estimate of drug-likeness (QED) is 0.685. The number of carbonyl (C=O) groups excluding carboxylic acids is 3. The van der Waals surface area contributed by atoms with Gasteiger partial charge in [0.25, 0.3) is 0 Å². The first-order valence-corrected chi connectivity index (χ1v) is 11.2. The van der Waals surface area contributed by atoms with Crippen LogP contribution in [0.5, 0.6) is 5.75 Å². The number of nitrogens with zero attached hydrogens (tertiary/aromatic N) is 2. The summed E-state index contributed by atoms with van der Waals surface area (Å²) < 4.78 is 11.6. The Kier molecular flexibility index (Phi) is 6.87. The summed E-state index contributed by atoms with van der Waals surface area (Å²) in [5, 5.41) is 2.93. The van der Waals surface area contributed by atoms with Crippen LogP contribution in [0.4, 0.5) is 0 Å². The fourth-order valence-corrected chi connectivity index (χ4v) is 4.56. The van der Waals surface area contributed by atoms with Gasteiger partial charge in [-0.05, 0) is 31.5 Å². The third-order valence-electron chi connectivity index (χ3n) is 6.39. The van der Waals surface area contributed by atoms with Crippen LogP contribution >= 0.6 is 0 Å². The molecular formula is C23H31N3O5. The number of amides is 2. The Balaban J connectivity index is 1.25. The monoisotopic (exact) mass is 429 g/mol. The van der Waals surface area contributed by atoms with Crippen molar-refractivity contribution in [1.82, 2.24) is 15.1 Å². The molecule has 3 aliphatic rings. The normalized spacial score (nSPS) is 24.5. The zero-order valence-electron chi connectivity index (χ0n) is 17.9. The number of hydrogen-bond acceptors (Lipinski definition) is 6. The van der Waals surface area contributed by atoms with Crippen molar-refractivity contribution in [2.75, 3.05) is 52.5 Å². The van der Waals surface area contributed by atoms with Crippen LogP contribution in [0.2, 0.25) is 0 Å². The minimum Gasteiger partial charge on any atom is -0.486 e. The number of nitrogens with one attached hydrogen (secondary N) is 1. The van der Waals surface area contributed by atoms with E-state index in [9.17, 15) is 14.4 Å². The predicted octanol–water partition coefficient (Wildman–Crippen LogP) is 1.24. The fourth-order valence-electron chi connectivity index (χ4n) is 4.56. The Morgan fingerprint density at radius 2 is 1.90 bits per heavy atom. The molecule has 2 saturated heterocycles. The number of benzene rings is 1. The second kappa shape index (κ2) is 9.78. The molecule has 1 atom stereocenters. The van der Waals surface area contributed by atoms with E-state index in [1.165, 1.54) is 0 Å². The number of fused-ring (bicyclic) bond motifs is 1. The second-order valence-corrected chi connectivity index (χ2v) is 8.60. The van der Waals surface area contributed by atoms with E-state index < -0.39 is 5.60 Å². The van der Waals surface area contributed by atoms with Crippen molar-refractivity contribution >= 4 is 17.6 Å². The van der Waals surface area contributed by atoms with Crippen molar-refractivity contribution in [1.29, 1.82) is 0 Å². The van der Waals surface area contributed by atoms with E-state index in [4.69, 9.17) is 9.47 Å². The lowest BCUT2D eigenvalue weighted by atomic mass is 9.84. The van der Waals surface area contributed by atoms with Gasteiger partial charge in [0.1, 0.15) is 11.4 Å². The molecule has 2 amide bonds. The summed E-state index contributed by atoms with van der Waals surface area (Å²) in [5.74, 6) is 0.450. The van der Waals surface area contributed by atoms with Crippen LogP contribution in [-0.2, 0) is 14.3 Å². The summed E-state index contributed by atoms with van der Waals surface area (Å²) in [6, 6.07) is 7.27. The van der Waals surface area contributed by atoms with Gasteiger partial charge in [0.15, 0.2) is 5.78 Å². The molecule has 0 aliphatic carbocycles. The van der Waals surface area contributed by atoms with Crippen molar-refractivity contribution in [2.45, 2.75) is 37.7 Å². The fraction of sp³-hybridized carbons (Fsp3) is 0.609. The molecule has 168 valence electrons. The van der Waals surface area contributed by atoms with E-state index in [1.807, 2.05) is 18.2 Å². The lowest BCUT2D eigenvalue weighted by Gasteiger charge is -2.37. The molecule has 31 heavy (non-hydrogen) atoms. The summed E-state index contributed by atoms with van der Waals surface area (Å²) in [5.41, 5.74) is -0.0539. The van der Waals surface area contributed by atoms with Crippen LogP contribution in [0.25, 0.3) is 0 Å². The molecular weight excluding hydrogens is 398 g/mol. The Hall–Kier alpha value is -2.45. The highest BCUT2D eigenvalue weighted by Crippen LogP contribution is 2.39. The molecule has 0 unspecified atom stereocenters. The maximum atomic E-state index is 12.6. The third-order valence-corrected chi connectivity index (χ3v) is 6.39. The molecule has 0 bridgehead atoms. The van der Waals surface area contributed by atoms with E-state index in [0.717, 1.165) is 39.3 Å². The third kappa shape index (κ3) is 5.43. The molecule has 1 aromatic carbocycles. The van der Waals surface area contributed by atoms with E-state index >= 15 is 0 Å². The van der Waals surface area contributed by atoms with E-state index in [0.29, 0.717) is 37.2 Å². The molecule has 1 N–H and O–H groups in total. The maximum Gasteiger partial charge on any atom is 0.239 e. The summed E-state index contributed by atoms with van der Waals surface area (Å²) in [7, 11) is 0. The molecule has 0 radical (unpaired) electrons. The summed E-state index contributed by atoms with van der Waals surface area (Å²) in [6.07, 6.45) is 2.46. The highest BCUT2D eigenvalue weighted by atomic mass is 16.5. The first-order chi connectivity index (χ1) is 15.0. The van der Waals surface area contributed by atoms with E-state index in [2.05, 4.69) is 10.2 Å². The van der Waals surface area contributed by atoms with Crippen LogP contribution in [0.1, 0.15) is 42.5 Å². The molecule has 2 fully saturated rings. The molecule has 1 spiro atoms. The molecule has 1 aromatic rings. The van der Waals surface area contributed by atoms with E-state index in [-0.39, 0.29) is 37.0 Å². The van der Waals surface area contributed by atoms with Crippen LogP contribution in [0.3, 0.4) is 0 Å². The number of carbonyl (C=O) groups is 3. The van der Waals surface area contributed by atoms with Crippen molar-refractivity contribution in [2.24, 2.45) is 0 Å². The lowest BCUT2D eigenvalue weighted by Crippen LogP contribution is -2.44. The number of rotatable bonds is 6. The predicted molar refractivity (Wildman–Crippen MR) is 114 cm³/mol. The Morgan fingerprint density at radius 3 is 2.74 bits per heavy atom. The van der Waals surface area contributed by atoms with Gasteiger partial charge in [-0.15, -0.1) is 0 Å². The summed E-state index contributed by atoms with van der Waals surface area (Å²) in [6.45, 7) is 5.41. The highest BCUT2D eigenvalue weighted by molar-refractivity contribution is 6.00. The topological polar surface area (TPSA) is 88.2 Å². The standard InChI is InChI=1S/C23H31N3O5/c27-19-16-23(31-20-5-2-1-4-18(19)20)7-6-22(29)26(11-8-23)17-21(28)24-9-3-10-25-12-14-30-15-13-25/h1-2,4-5H,3,6-17H2,(H,24,28)/t23-/m1/s1. The largest absolute Gasteiger partial charge is 0.486 e. The molecule has 8 nitrogen and oxygen atoms in total. The van der Waals surface area contributed by atoms with Gasteiger partial charge in [0.05, 0.1) is 31.7 Å². The first kappa shape index (κ1) is 21.8. The number of ether oxygens (including phenoxy) is 2. The van der Waals surface area contributed by atoms with Crippen LogP contribution in [0, 0.1) is 0 Å². The van der Waals surface area contributed by atoms with E-state index in [1.54, 1.807) is 11.0 Å². The number of Topliss-reactive ketones (excluding diaryl/α,β-unsaturated/α-hetero) is 1. The van der Waals surface area contributed by atoms with Gasteiger partial charge in [0.2, 0.25) is 11.8 Å². The van der Waals surface area contributed by atoms with Crippen LogP contribution in [0.15, 0.2) is 24.3 Å². The van der Waals surface area contributed by atoms with Crippen molar-refractivity contribution in [3.05, 3.63) is 29.8 Å². The number of hydrogen-bond donors (Lipinski definition) is 1. The van der Waals surface area contributed by atoms with Gasteiger partial charge >= 0.3 is 0 Å². The number of morpholine rings is 1.